The minimum absolute atomic E-state index is 0.0163. The summed E-state index contributed by atoms with van der Waals surface area (Å²) in [5, 5.41) is 8.61. The zero-order valence-electron chi connectivity index (χ0n) is 9.52. The van der Waals surface area contributed by atoms with Gasteiger partial charge in [-0.3, -0.25) is 9.78 Å². The summed E-state index contributed by atoms with van der Waals surface area (Å²) in [7, 11) is 0. The van der Waals surface area contributed by atoms with Gasteiger partial charge in [0.25, 0.3) is 5.91 Å². The molecule has 1 N–H and O–H groups in total. The molecule has 0 aliphatic carbocycles. The lowest BCUT2D eigenvalue weighted by Gasteiger charge is -2.14. The Bertz CT molecular complexity index is 468. The second-order valence-electron chi connectivity index (χ2n) is 3.92. The second kappa shape index (κ2) is 5.46. The number of aliphatic hydroxyl groups is 1. The molecule has 0 radical (unpaired) electrons. The van der Waals surface area contributed by atoms with Crippen LogP contribution in [-0.2, 0) is 0 Å². The third-order valence-electron chi connectivity index (χ3n) is 2.69. The van der Waals surface area contributed by atoms with Crippen molar-refractivity contribution >= 4 is 5.91 Å². The van der Waals surface area contributed by atoms with Crippen LogP contribution >= 0.6 is 0 Å². The van der Waals surface area contributed by atoms with Crippen molar-refractivity contribution in [3.8, 4) is 11.8 Å². The molecule has 0 bridgehead atoms. The third kappa shape index (κ3) is 2.83. The average molecular weight is 230 g/mol. The summed E-state index contributed by atoms with van der Waals surface area (Å²) in [6.07, 6.45) is 5.29. The molecule has 0 saturated carbocycles. The van der Waals surface area contributed by atoms with E-state index in [1.807, 2.05) is 4.90 Å². The number of aliphatic hydroxyl groups excluding tert-OH is 1. The summed E-state index contributed by atoms with van der Waals surface area (Å²) in [6, 6.07) is 1.72. The van der Waals surface area contributed by atoms with Crippen LogP contribution in [0.3, 0.4) is 0 Å². The van der Waals surface area contributed by atoms with Gasteiger partial charge in [0, 0.05) is 31.0 Å². The molecule has 0 aromatic carbocycles. The van der Waals surface area contributed by atoms with E-state index < -0.39 is 0 Å². The Morgan fingerprint density at radius 3 is 2.88 bits per heavy atom. The number of rotatable bonds is 1. The summed E-state index contributed by atoms with van der Waals surface area (Å²) in [5.41, 5.74) is 1.22. The molecule has 1 saturated heterocycles. The van der Waals surface area contributed by atoms with Gasteiger partial charge in [0.1, 0.15) is 6.61 Å². The van der Waals surface area contributed by atoms with Crippen molar-refractivity contribution in [3.63, 3.8) is 0 Å². The quantitative estimate of drug-likeness (QED) is 0.721. The maximum Gasteiger partial charge on any atom is 0.255 e. The van der Waals surface area contributed by atoms with Gasteiger partial charge >= 0.3 is 0 Å². The fourth-order valence-electron chi connectivity index (χ4n) is 1.87. The van der Waals surface area contributed by atoms with Gasteiger partial charge in [-0.15, -0.1) is 0 Å². The summed E-state index contributed by atoms with van der Waals surface area (Å²) in [5.74, 6) is 5.30. The lowest BCUT2D eigenvalue weighted by atomic mass is 10.2. The van der Waals surface area contributed by atoms with Crippen LogP contribution in [0.4, 0.5) is 0 Å². The highest BCUT2D eigenvalue weighted by Gasteiger charge is 2.19. The molecular formula is C13H14N2O2. The number of likely N-dealkylation sites (tertiary alicyclic amines) is 1. The molecule has 0 spiro atoms. The van der Waals surface area contributed by atoms with Crippen LogP contribution in [0, 0.1) is 11.8 Å². The van der Waals surface area contributed by atoms with E-state index in [2.05, 4.69) is 16.8 Å². The normalized spacial score (nSPS) is 14.3. The Morgan fingerprint density at radius 1 is 1.41 bits per heavy atom. The summed E-state index contributed by atoms with van der Waals surface area (Å²) >= 11 is 0. The van der Waals surface area contributed by atoms with E-state index in [4.69, 9.17) is 5.11 Å². The van der Waals surface area contributed by atoms with Crippen molar-refractivity contribution in [2.24, 2.45) is 0 Å². The second-order valence-corrected chi connectivity index (χ2v) is 3.92. The lowest BCUT2D eigenvalue weighted by Crippen LogP contribution is -2.27. The molecule has 1 aromatic rings. The van der Waals surface area contributed by atoms with Gasteiger partial charge in [0.2, 0.25) is 0 Å². The van der Waals surface area contributed by atoms with E-state index in [1.165, 1.54) is 0 Å². The van der Waals surface area contributed by atoms with E-state index in [1.54, 1.807) is 18.5 Å². The highest BCUT2D eigenvalue weighted by molar-refractivity contribution is 5.94. The Balaban J connectivity index is 2.17. The summed E-state index contributed by atoms with van der Waals surface area (Å²) < 4.78 is 0. The Hall–Kier alpha value is -1.86. The van der Waals surface area contributed by atoms with Gasteiger partial charge in [-0.25, -0.2) is 0 Å². The van der Waals surface area contributed by atoms with Gasteiger partial charge in [-0.05, 0) is 18.9 Å². The first-order valence-corrected chi connectivity index (χ1v) is 5.65. The molecular weight excluding hydrogens is 216 g/mol. The van der Waals surface area contributed by atoms with Crippen LogP contribution in [0.2, 0.25) is 0 Å². The zero-order valence-corrected chi connectivity index (χ0v) is 9.52. The standard InChI is InChI=1S/C13H14N2O2/c16-7-3-4-11-8-12(10-14-9-11)13(17)15-5-1-2-6-15/h8-10,16H,1-2,5-7H2. The number of carbonyl (C=O) groups excluding carboxylic acids is 1. The predicted octanol–water partition coefficient (Wildman–Crippen LogP) is 0.661. The van der Waals surface area contributed by atoms with Crippen LogP contribution in [0.25, 0.3) is 0 Å². The SMILES string of the molecule is O=C(c1cncc(C#CCO)c1)N1CCCC1. The number of carbonyl (C=O) groups is 1. The zero-order chi connectivity index (χ0) is 12.1. The van der Waals surface area contributed by atoms with E-state index in [-0.39, 0.29) is 12.5 Å². The van der Waals surface area contributed by atoms with Crippen molar-refractivity contribution in [3.05, 3.63) is 29.6 Å². The van der Waals surface area contributed by atoms with E-state index >= 15 is 0 Å². The Kier molecular flexibility index (Phi) is 3.73. The first-order chi connectivity index (χ1) is 8.31. The minimum atomic E-state index is -0.190. The van der Waals surface area contributed by atoms with Crippen LogP contribution in [-0.4, -0.2) is 40.6 Å². The first kappa shape index (κ1) is 11.6. The van der Waals surface area contributed by atoms with Crippen molar-refractivity contribution in [2.45, 2.75) is 12.8 Å². The fourth-order valence-corrected chi connectivity index (χ4v) is 1.87. The topological polar surface area (TPSA) is 53.4 Å². The molecule has 1 aromatic heterocycles. The monoisotopic (exact) mass is 230 g/mol. The number of pyridine rings is 1. The van der Waals surface area contributed by atoms with Crippen molar-refractivity contribution in [1.82, 2.24) is 9.88 Å². The maximum atomic E-state index is 12.1. The van der Waals surface area contributed by atoms with E-state index in [9.17, 15) is 4.79 Å². The highest BCUT2D eigenvalue weighted by Crippen LogP contribution is 2.12. The number of amides is 1. The Labute approximate surface area is 100 Å². The molecule has 0 atom stereocenters. The van der Waals surface area contributed by atoms with Crippen LogP contribution in [0.1, 0.15) is 28.8 Å². The van der Waals surface area contributed by atoms with Gasteiger partial charge in [-0.2, -0.15) is 0 Å². The van der Waals surface area contributed by atoms with Gasteiger partial charge < -0.3 is 10.0 Å². The van der Waals surface area contributed by atoms with E-state index in [0.29, 0.717) is 11.1 Å². The molecule has 4 heteroatoms. The minimum Gasteiger partial charge on any atom is -0.384 e. The van der Waals surface area contributed by atoms with Crippen LogP contribution < -0.4 is 0 Å². The predicted molar refractivity (Wildman–Crippen MR) is 63.3 cm³/mol. The Morgan fingerprint density at radius 2 is 2.18 bits per heavy atom. The molecule has 0 unspecified atom stereocenters. The smallest absolute Gasteiger partial charge is 0.255 e. The molecule has 17 heavy (non-hydrogen) atoms. The maximum absolute atomic E-state index is 12.1. The van der Waals surface area contributed by atoms with Gasteiger partial charge in [0.15, 0.2) is 0 Å². The fraction of sp³-hybridized carbons (Fsp3) is 0.385. The number of nitrogens with zero attached hydrogens (tertiary/aromatic N) is 2. The van der Waals surface area contributed by atoms with Crippen molar-refractivity contribution in [1.29, 1.82) is 0 Å². The van der Waals surface area contributed by atoms with Crippen LogP contribution in [0.5, 0.6) is 0 Å². The third-order valence-corrected chi connectivity index (χ3v) is 2.69. The molecule has 2 heterocycles. The summed E-state index contributed by atoms with van der Waals surface area (Å²) in [6.45, 7) is 1.46. The van der Waals surface area contributed by atoms with Crippen molar-refractivity contribution < 1.29 is 9.90 Å². The molecule has 1 aliphatic rings. The lowest BCUT2D eigenvalue weighted by molar-refractivity contribution is 0.0792. The largest absolute Gasteiger partial charge is 0.384 e. The molecule has 2 rings (SSSR count). The van der Waals surface area contributed by atoms with Gasteiger partial charge in [-0.1, -0.05) is 11.8 Å². The first-order valence-electron chi connectivity index (χ1n) is 5.65. The van der Waals surface area contributed by atoms with Crippen LogP contribution in [0.15, 0.2) is 18.5 Å². The van der Waals surface area contributed by atoms with Crippen molar-refractivity contribution in [2.75, 3.05) is 19.7 Å². The average Bonchev–Trinajstić information content (AvgIpc) is 2.89. The molecule has 4 nitrogen and oxygen atoms in total. The van der Waals surface area contributed by atoms with E-state index in [0.717, 1.165) is 25.9 Å². The van der Waals surface area contributed by atoms with Gasteiger partial charge in [0.05, 0.1) is 5.56 Å². The number of hydrogen-bond donors (Lipinski definition) is 1. The molecule has 1 amide bonds. The number of aromatic nitrogens is 1. The molecule has 1 aliphatic heterocycles. The number of hydrogen-bond acceptors (Lipinski definition) is 3. The molecule has 88 valence electrons. The highest BCUT2D eigenvalue weighted by atomic mass is 16.2. The molecule has 1 fully saturated rings. The summed E-state index contributed by atoms with van der Waals surface area (Å²) in [4.78, 5) is 17.9.